The van der Waals surface area contributed by atoms with Gasteiger partial charge in [0.05, 0.1) is 11.1 Å². The first kappa shape index (κ1) is 12.1. The fourth-order valence-corrected chi connectivity index (χ4v) is 1.68. The van der Waals surface area contributed by atoms with Gasteiger partial charge in [0.15, 0.2) is 0 Å². The van der Waals surface area contributed by atoms with E-state index in [2.05, 4.69) is 9.97 Å². The normalized spacial score (nSPS) is 11.9. The van der Waals surface area contributed by atoms with E-state index in [1.54, 1.807) is 12.3 Å². The predicted molar refractivity (Wildman–Crippen MR) is 59.9 cm³/mol. The zero-order valence-corrected chi connectivity index (χ0v) is 10.2. The molecule has 0 N–H and O–H groups in total. The third-order valence-electron chi connectivity index (χ3n) is 2.41. The molecule has 0 saturated carbocycles. The van der Waals surface area contributed by atoms with Gasteiger partial charge in [-0.15, -0.1) is 0 Å². The SMILES string of the molecule is CC(C)C(=O)C(C)(C)c1ccnc(Cl)n1. The number of ketones is 1. The Labute approximate surface area is 94.9 Å². The lowest BCUT2D eigenvalue weighted by Crippen LogP contribution is -2.33. The summed E-state index contributed by atoms with van der Waals surface area (Å²) in [6.45, 7) is 7.47. The molecule has 4 heteroatoms. The van der Waals surface area contributed by atoms with Gasteiger partial charge >= 0.3 is 0 Å². The number of hydrogen-bond acceptors (Lipinski definition) is 3. The zero-order valence-electron chi connectivity index (χ0n) is 9.41. The van der Waals surface area contributed by atoms with Crippen molar-refractivity contribution < 1.29 is 4.79 Å². The van der Waals surface area contributed by atoms with E-state index in [-0.39, 0.29) is 17.0 Å². The first-order valence-corrected chi connectivity index (χ1v) is 5.27. The topological polar surface area (TPSA) is 42.9 Å². The monoisotopic (exact) mass is 226 g/mol. The number of aromatic nitrogens is 2. The third kappa shape index (κ3) is 2.53. The van der Waals surface area contributed by atoms with Crippen molar-refractivity contribution in [2.75, 3.05) is 0 Å². The minimum atomic E-state index is -0.610. The summed E-state index contributed by atoms with van der Waals surface area (Å²) in [6.07, 6.45) is 1.57. The summed E-state index contributed by atoms with van der Waals surface area (Å²) >= 11 is 5.70. The molecule has 0 radical (unpaired) electrons. The van der Waals surface area contributed by atoms with Crippen molar-refractivity contribution in [3.8, 4) is 0 Å². The first-order valence-electron chi connectivity index (χ1n) is 4.89. The van der Waals surface area contributed by atoms with Crippen LogP contribution < -0.4 is 0 Å². The Morgan fingerprint density at radius 2 is 2.07 bits per heavy atom. The maximum absolute atomic E-state index is 12.0. The van der Waals surface area contributed by atoms with Crippen LogP contribution >= 0.6 is 11.6 Å². The van der Waals surface area contributed by atoms with Crippen LogP contribution in [0.15, 0.2) is 12.3 Å². The van der Waals surface area contributed by atoms with Crippen LogP contribution in [0.5, 0.6) is 0 Å². The van der Waals surface area contributed by atoms with Crippen LogP contribution in [0, 0.1) is 5.92 Å². The van der Waals surface area contributed by atoms with Crippen LogP contribution in [0.2, 0.25) is 5.28 Å². The van der Waals surface area contributed by atoms with Gasteiger partial charge in [-0.3, -0.25) is 4.79 Å². The van der Waals surface area contributed by atoms with Crippen molar-refractivity contribution in [2.45, 2.75) is 33.1 Å². The van der Waals surface area contributed by atoms with Crippen molar-refractivity contribution in [3.05, 3.63) is 23.2 Å². The van der Waals surface area contributed by atoms with E-state index in [0.29, 0.717) is 5.69 Å². The molecule has 0 aliphatic carbocycles. The molecular weight excluding hydrogens is 212 g/mol. The van der Waals surface area contributed by atoms with Crippen LogP contribution in [0.3, 0.4) is 0 Å². The summed E-state index contributed by atoms with van der Waals surface area (Å²) in [5.74, 6) is 0.131. The van der Waals surface area contributed by atoms with Crippen LogP contribution in [-0.2, 0) is 10.2 Å². The Morgan fingerprint density at radius 1 is 1.47 bits per heavy atom. The molecule has 0 spiro atoms. The Hall–Kier alpha value is -0.960. The predicted octanol–water partition coefficient (Wildman–Crippen LogP) is 2.63. The molecule has 82 valence electrons. The smallest absolute Gasteiger partial charge is 0.222 e. The quantitative estimate of drug-likeness (QED) is 0.745. The summed E-state index contributed by atoms with van der Waals surface area (Å²) < 4.78 is 0. The first-order chi connectivity index (χ1) is 6.85. The van der Waals surface area contributed by atoms with Crippen molar-refractivity contribution in [1.29, 1.82) is 0 Å². The molecule has 1 aromatic rings. The Kier molecular flexibility index (Phi) is 3.45. The average molecular weight is 227 g/mol. The molecule has 0 saturated heterocycles. The summed E-state index contributed by atoms with van der Waals surface area (Å²) in [4.78, 5) is 19.9. The lowest BCUT2D eigenvalue weighted by molar-refractivity contribution is -0.126. The molecule has 0 amide bonds. The van der Waals surface area contributed by atoms with E-state index < -0.39 is 5.41 Å². The standard InChI is InChI=1S/C11H15ClN2O/c1-7(2)9(15)11(3,4)8-5-6-13-10(12)14-8/h5-7H,1-4H3. The van der Waals surface area contributed by atoms with Gasteiger partial charge in [-0.25, -0.2) is 9.97 Å². The van der Waals surface area contributed by atoms with Crippen molar-refractivity contribution >= 4 is 17.4 Å². The average Bonchev–Trinajstić information content (AvgIpc) is 2.16. The molecule has 0 aliphatic rings. The number of carbonyl (C=O) groups excluding carboxylic acids is 1. The molecule has 3 nitrogen and oxygen atoms in total. The van der Waals surface area contributed by atoms with Crippen LogP contribution in [-0.4, -0.2) is 15.8 Å². The van der Waals surface area contributed by atoms with Crippen LogP contribution in [0.1, 0.15) is 33.4 Å². The fraction of sp³-hybridized carbons (Fsp3) is 0.545. The van der Waals surface area contributed by atoms with Gasteiger partial charge in [-0.05, 0) is 31.5 Å². The molecule has 0 bridgehead atoms. The number of rotatable bonds is 3. The highest BCUT2D eigenvalue weighted by Crippen LogP contribution is 2.25. The van der Waals surface area contributed by atoms with Gasteiger partial charge in [0.1, 0.15) is 5.78 Å². The van der Waals surface area contributed by atoms with Crippen LogP contribution in [0.4, 0.5) is 0 Å². The minimum Gasteiger partial charge on any atom is -0.298 e. The van der Waals surface area contributed by atoms with Crippen LogP contribution in [0.25, 0.3) is 0 Å². The fourth-order valence-electron chi connectivity index (χ4n) is 1.53. The molecular formula is C11H15ClN2O. The lowest BCUT2D eigenvalue weighted by atomic mass is 9.79. The van der Waals surface area contributed by atoms with Gasteiger partial charge in [0, 0.05) is 12.1 Å². The highest BCUT2D eigenvalue weighted by molar-refractivity contribution is 6.28. The molecule has 1 rings (SSSR count). The molecule has 0 atom stereocenters. The van der Waals surface area contributed by atoms with Gasteiger partial charge in [-0.2, -0.15) is 0 Å². The van der Waals surface area contributed by atoms with Gasteiger partial charge in [-0.1, -0.05) is 13.8 Å². The van der Waals surface area contributed by atoms with Crippen molar-refractivity contribution in [1.82, 2.24) is 9.97 Å². The molecule has 0 aliphatic heterocycles. The zero-order chi connectivity index (χ0) is 11.6. The van der Waals surface area contributed by atoms with Gasteiger partial charge in [0.25, 0.3) is 0 Å². The Morgan fingerprint density at radius 3 is 2.53 bits per heavy atom. The number of Topliss-reactive ketones (excluding diaryl/α,β-unsaturated/α-hetero) is 1. The lowest BCUT2D eigenvalue weighted by Gasteiger charge is -2.24. The maximum Gasteiger partial charge on any atom is 0.222 e. The molecule has 15 heavy (non-hydrogen) atoms. The summed E-state index contributed by atoms with van der Waals surface area (Å²) in [5.41, 5.74) is 0.0574. The van der Waals surface area contributed by atoms with Gasteiger partial charge in [0.2, 0.25) is 5.28 Å². The Bertz CT molecular complexity index is 375. The summed E-state index contributed by atoms with van der Waals surface area (Å²) in [7, 11) is 0. The van der Waals surface area contributed by atoms with E-state index in [1.165, 1.54) is 0 Å². The largest absolute Gasteiger partial charge is 0.298 e. The number of nitrogens with zero attached hydrogens (tertiary/aromatic N) is 2. The van der Waals surface area contributed by atoms with E-state index in [4.69, 9.17) is 11.6 Å². The third-order valence-corrected chi connectivity index (χ3v) is 2.59. The highest BCUT2D eigenvalue weighted by atomic mass is 35.5. The molecule has 0 fully saturated rings. The van der Waals surface area contributed by atoms with Crippen molar-refractivity contribution in [2.24, 2.45) is 5.92 Å². The summed E-state index contributed by atoms with van der Waals surface area (Å²) in [6, 6.07) is 1.73. The second kappa shape index (κ2) is 4.27. The van der Waals surface area contributed by atoms with E-state index >= 15 is 0 Å². The number of hydrogen-bond donors (Lipinski definition) is 0. The second-order valence-electron chi connectivity index (χ2n) is 4.35. The van der Waals surface area contributed by atoms with E-state index in [9.17, 15) is 4.79 Å². The number of carbonyl (C=O) groups is 1. The Balaban J connectivity index is 3.10. The summed E-state index contributed by atoms with van der Waals surface area (Å²) in [5, 5.41) is 0.178. The maximum atomic E-state index is 12.0. The molecule has 1 heterocycles. The number of halogens is 1. The van der Waals surface area contributed by atoms with E-state index in [0.717, 1.165) is 0 Å². The second-order valence-corrected chi connectivity index (χ2v) is 4.69. The van der Waals surface area contributed by atoms with Crippen molar-refractivity contribution in [3.63, 3.8) is 0 Å². The minimum absolute atomic E-state index is 0.0197. The molecule has 0 aromatic carbocycles. The molecule has 0 unspecified atom stereocenters. The molecule has 1 aromatic heterocycles. The highest BCUT2D eigenvalue weighted by Gasteiger charge is 2.32. The van der Waals surface area contributed by atoms with Gasteiger partial charge < -0.3 is 0 Å². The van der Waals surface area contributed by atoms with E-state index in [1.807, 2.05) is 27.7 Å².